The van der Waals surface area contributed by atoms with Crippen molar-refractivity contribution in [1.82, 2.24) is 25.2 Å². The number of fused-ring (bicyclic) bond motifs is 1. The number of carbonyl (C=O) groups is 1. The van der Waals surface area contributed by atoms with E-state index in [4.69, 9.17) is 15.2 Å². The number of nitrogen functional groups attached to an aromatic ring is 1. The highest BCUT2D eigenvalue weighted by Gasteiger charge is 2.34. The predicted molar refractivity (Wildman–Crippen MR) is 169 cm³/mol. The van der Waals surface area contributed by atoms with Crippen molar-refractivity contribution in [3.05, 3.63) is 77.6 Å². The Morgan fingerprint density at radius 3 is 2.62 bits per heavy atom. The molecular formula is C33H39F2N7O3. The van der Waals surface area contributed by atoms with Crippen LogP contribution in [0.5, 0.6) is 11.5 Å². The number of aromatic nitrogens is 3. The monoisotopic (exact) mass is 619 g/mol. The molecule has 3 heterocycles. The molecule has 0 radical (unpaired) electrons. The van der Waals surface area contributed by atoms with Crippen LogP contribution in [0.4, 0.5) is 20.5 Å². The van der Waals surface area contributed by atoms with Gasteiger partial charge in [-0.2, -0.15) is 4.98 Å². The highest BCUT2D eigenvalue weighted by atomic mass is 19.1. The van der Waals surface area contributed by atoms with E-state index in [2.05, 4.69) is 20.3 Å². The zero-order chi connectivity index (χ0) is 31.9. The molecule has 5 rings (SSSR count). The third-order valence-corrected chi connectivity index (χ3v) is 7.95. The van der Waals surface area contributed by atoms with Gasteiger partial charge in [0.15, 0.2) is 17.3 Å². The second-order valence-electron chi connectivity index (χ2n) is 10.9. The molecule has 10 nitrogen and oxygen atoms in total. The minimum atomic E-state index is -0.672. The van der Waals surface area contributed by atoms with E-state index in [0.717, 1.165) is 18.4 Å². The molecule has 1 amide bonds. The lowest BCUT2D eigenvalue weighted by Crippen LogP contribution is -2.51. The Kier molecular flexibility index (Phi) is 10.2. The van der Waals surface area contributed by atoms with Crippen molar-refractivity contribution in [3.8, 4) is 11.5 Å². The van der Waals surface area contributed by atoms with E-state index >= 15 is 4.39 Å². The summed E-state index contributed by atoms with van der Waals surface area (Å²) >= 11 is 0. The van der Waals surface area contributed by atoms with Crippen molar-refractivity contribution in [2.45, 2.75) is 45.2 Å². The first-order chi connectivity index (χ1) is 21.8. The van der Waals surface area contributed by atoms with Gasteiger partial charge in [-0.15, -0.1) is 0 Å². The highest BCUT2D eigenvalue weighted by molar-refractivity contribution is 5.92. The number of methoxy groups -OCH3 is 1. The highest BCUT2D eigenvalue weighted by Crippen LogP contribution is 2.39. The number of nitrogens with zero attached hydrogens (tertiary/aromatic N) is 5. The fourth-order valence-electron chi connectivity index (χ4n) is 5.56. The molecule has 2 atom stereocenters. The number of nitrogens with two attached hydrogens (primary N) is 1. The number of nitrogens with one attached hydrogen (secondary N) is 1. The summed E-state index contributed by atoms with van der Waals surface area (Å²) < 4.78 is 40.7. The van der Waals surface area contributed by atoms with Gasteiger partial charge in [-0.1, -0.05) is 38.5 Å². The number of benzene rings is 2. The predicted octanol–water partition coefficient (Wildman–Crippen LogP) is 5.20. The average Bonchev–Trinajstić information content (AvgIpc) is 3.06. The molecule has 4 aromatic rings. The molecule has 0 spiro atoms. The van der Waals surface area contributed by atoms with Crippen molar-refractivity contribution < 1.29 is 23.0 Å². The van der Waals surface area contributed by atoms with Gasteiger partial charge in [-0.05, 0) is 48.9 Å². The van der Waals surface area contributed by atoms with Gasteiger partial charge < -0.3 is 30.3 Å². The van der Waals surface area contributed by atoms with Gasteiger partial charge >= 0.3 is 0 Å². The minimum absolute atomic E-state index is 0.0180. The van der Waals surface area contributed by atoms with Gasteiger partial charge in [0, 0.05) is 43.7 Å². The molecule has 1 fully saturated rings. The Balaban J connectivity index is 1.46. The summed E-state index contributed by atoms with van der Waals surface area (Å²) in [5, 5.41) is 3.66. The number of halogens is 2. The van der Waals surface area contributed by atoms with E-state index in [1.165, 1.54) is 19.2 Å². The molecule has 238 valence electrons. The van der Waals surface area contributed by atoms with Crippen LogP contribution in [-0.2, 0) is 4.79 Å². The number of piperazine rings is 1. The normalized spacial score (nSPS) is 15.7. The van der Waals surface area contributed by atoms with Crippen LogP contribution in [0.3, 0.4) is 0 Å². The van der Waals surface area contributed by atoms with Crippen LogP contribution in [0.25, 0.3) is 10.9 Å². The molecular weight excluding hydrogens is 580 g/mol. The fraction of sp³-hybridized carbons (Fsp3) is 0.394. The largest absolute Gasteiger partial charge is 0.493 e. The Morgan fingerprint density at radius 2 is 1.93 bits per heavy atom. The van der Waals surface area contributed by atoms with Crippen molar-refractivity contribution >= 4 is 28.6 Å². The van der Waals surface area contributed by atoms with E-state index in [1.807, 2.05) is 36.9 Å². The van der Waals surface area contributed by atoms with Gasteiger partial charge in [0.2, 0.25) is 11.9 Å². The molecule has 2 aromatic carbocycles. The van der Waals surface area contributed by atoms with E-state index in [9.17, 15) is 9.18 Å². The van der Waals surface area contributed by atoms with Crippen molar-refractivity contribution in [1.29, 1.82) is 0 Å². The Bertz CT molecular complexity index is 1610. The van der Waals surface area contributed by atoms with Crippen LogP contribution < -0.4 is 25.4 Å². The van der Waals surface area contributed by atoms with Gasteiger partial charge in [0.25, 0.3) is 0 Å². The van der Waals surface area contributed by atoms with Gasteiger partial charge in [-0.3, -0.25) is 9.78 Å². The third kappa shape index (κ3) is 7.06. The van der Waals surface area contributed by atoms with E-state index < -0.39 is 11.9 Å². The lowest BCUT2D eigenvalue weighted by Gasteiger charge is -2.41. The molecule has 0 aliphatic carbocycles. The lowest BCUT2D eigenvalue weighted by atomic mass is 10.0. The molecule has 0 saturated carbocycles. The number of rotatable bonds is 12. The quantitative estimate of drug-likeness (QED) is 0.206. The summed E-state index contributed by atoms with van der Waals surface area (Å²) in [6.45, 7) is 6.00. The molecule has 2 aromatic heterocycles. The Hall–Kier alpha value is -4.58. The SMILES string of the molecule is CCCCOc1c(OC)cc2c(N)nc(N3CCN(C(=O)C[C@@H](NCC)c4ccc(F)cc4)CC3c3ccccn3)nc2c1F. The maximum atomic E-state index is 15.9. The number of pyridine rings is 1. The number of carbonyl (C=O) groups excluding carboxylic acids is 1. The van der Waals surface area contributed by atoms with Crippen LogP contribution >= 0.6 is 0 Å². The first-order valence-electron chi connectivity index (χ1n) is 15.2. The van der Waals surface area contributed by atoms with Gasteiger partial charge in [0.05, 0.1) is 25.5 Å². The Morgan fingerprint density at radius 1 is 1.13 bits per heavy atom. The molecule has 1 aliphatic heterocycles. The maximum Gasteiger partial charge on any atom is 0.228 e. The van der Waals surface area contributed by atoms with Crippen molar-refractivity contribution in [2.24, 2.45) is 0 Å². The summed E-state index contributed by atoms with van der Waals surface area (Å²) in [5.74, 6) is -0.539. The van der Waals surface area contributed by atoms with Crippen LogP contribution in [-0.4, -0.2) is 65.7 Å². The molecule has 45 heavy (non-hydrogen) atoms. The summed E-state index contributed by atoms with van der Waals surface area (Å²) in [5.41, 5.74) is 7.95. The van der Waals surface area contributed by atoms with E-state index in [1.54, 1.807) is 29.3 Å². The number of ether oxygens (including phenoxy) is 2. The van der Waals surface area contributed by atoms with Crippen molar-refractivity contribution in [3.63, 3.8) is 0 Å². The molecule has 12 heteroatoms. The second kappa shape index (κ2) is 14.5. The number of anilines is 2. The molecule has 1 unspecified atom stereocenters. The maximum absolute atomic E-state index is 15.9. The first-order valence-corrected chi connectivity index (χ1v) is 15.2. The standard InChI is InChI=1S/C33H39F2N7O3/c1-4-6-17-45-31-27(44-3)18-23-30(29(31)35)39-33(40-32(23)36)42-16-15-41(20-26(42)24-9-7-8-14-38-24)28(43)19-25(37-5-2)21-10-12-22(34)13-11-21/h7-14,18,25-26,37H,4-6,15-17,19-20H2,1-3H3,(H2,36,39,40)/t25-,26?/m1/s1. The smallest absolute Gasteiger partial charge is 0.228 e. The summed E-state index contributed by atoms with van der Waals surface area (Å²) in [6.07, 6.45) is 3.53. The van der Waals surface area contributed by atoms with Gasteiger partial charge in [-0.25, -0.2) is 13.8 Å². The van der Waals surface area contributed by atoms with Crippen LogP contribution in [0, 0.1) is 11.6 Å². The fourth-order valence-corrected chi connectivity index (χ4v) is 5.56. The van der Waals surface area contributed by atoms with Gasteiger partial charge in [0.1, 0.15) is 17.2 Å². The van der Waals surface area contributed by atoms with Crippen molar-refractivity contribution in [2.75, 3.05) is 50.5 Å². The summed E-state index contributed by atoms with van der Waals surface area (Å²) in [7, 11) is 1.44. The molecule has 0 bridgehead atoms. The minimum Gasteiger partial charge on any atom is -0.493 e. The average molecular weight is 620 g/mol. The van der Waals surface area contributed by atoms with E-state index in [-0.39, 0.29) is 53.0 Å². The zero-order valence-electron chi connectivity index (χ0n) is 25.8. The summed E-state index contributed by atoms with van der Waals surface area (Å²) in [6, 6.07) is 12.6. The lowest BCUT2D eigenvalue weighted by molar-refractivity contribution is -0.132. The number of amides is 1. The summed E-state index contributed by atoms with van der Waals surface area (Å²) in [4.78, 5) is 31.2. The molecule has 3 N–H and O–H groups in total. The Labute approximate surface area is 261 Å². The number of hydrogen-bond acceptors (Lipinski definition) is 9. The zero-order valence-corrected chi connectivity index (χ0v) is 25.8. The topological polar surface area (TPSA) is 119 Å². The molecule has 1 aliphatic rings. The molecule has 1 saturated heterocycles. The number of hydrogen-bond donors (Lipinski definition) is 2. The third-order valence-electron chi connectivity index (χ3n) is 7.95. The van der Waals surface area contributed by atoms with Crippen LogP contribution in [0.2, 0.25) is 0 Å². The first kappa shape index (κ1) is 31.8. The number of unbranched alkanes of at least 4 members (excludes halogenated alkanes) is 1. The van der Waals surface area contributed by atoms with E-state index in [0.29, 0.717) is 43.9 Å². The van der Waals surface area contributed by atoms with Crippen LogP contribution in [0.1, 0.15) is 56.5 Å². The second-order valence-corrected chi connectivity index (χ2v) is 10.9. The van der Waals surface area contributed by atoms with Crippen LogP contribution in [0.15, 0.2) is 54.7 Å².